The van der Waals surface area contributed by atoms with Crippen molar-refractivity contribution in [3.63, 3.8) is 0 Å². The molecule has 1 aromatic heterocycles. The highest BCUT2D eigenvalue weighted by Crippen LogP contribution is 2.20. The lowest BCUT2D eigenvalue weighted by Crippen LogP contribution is -2.32. The van der Waals surface area contributed by atoms with Gasteiger partial charge < -0.3 is 10.2 Å². The van der Waals surface area contributed by atoms with E-state index in [0.29, 0.717) is 18.1 Å². The van der Waals surface area contributed by atoms with Crippen LogP contribution in [0.4, 0.5) is 0 Å². The minimum absolute atomic E-state index is 0.110. The SMILES string of the molecule is Cc1oc(CN)cc1S(=O)(=O)NCC(C)(C)C. The Morgan fingerprint density at radius 3 is 2.41 bits per heavy atom. The van der Waals surface area contributed by atoms with Gasteiger partial charge in [-0.15, -0.1) is 0 Å². The predicted molar refractivity (Wildman–Crippen MR) is 66.0 cm³/mol. The highest BCUT2D eigenvalue weighted by molar-refractivity contribution is 7.89. The lowest BCUT2D eigenvalue weighted by atomic mass is 9.98. The third-order valence-corrected chi connectivity index (χ3v) is 3.72. The van der Waals surface area contributed by atoms with E-state index < -0.39 is 10.0 Å². The Balaban J connectivity index is 2.93. The average Bonchev–Trinajstić information content (AvgIpc) is 2.57. The van der Waals surface area contributed by atoms with E-state index in [1.807, 2.05) is 20.8 Å². The van der Waals surface area contributed by atoms with Gasteiger partial charge in [0, 0.05) is 12.6 Å². The minimum Gasteiger partial charge on any atom is -0.464 e. The van der Waals surface area contributed by atoms with Crippen LogP contribution in [0.3, 0.4) is 0 Å². The molecule has 0 saturated carbocycles. The lowest BCUT2D eigenvalue weighted by molar-refractivity contribution is 0.407. The molecule has 0 fully saturated rings. The molecule has 0 unspecified atom stereocenters. The van der Waals surface area contributed by atoms with E-state index in [4.69, 9.17) is 10.2 Å². The number of hydrogen-bond donors (Lipinski definition) is 2. The first kappa shape index (κ1) is 14.2. The lowest BCUT2D eigenvalue weighted by Gasteiger charge is -2.18. The van der Waals surface area contributed by atoms with Gasteiger partial charge in [0.15, 0.2) is 0 Å². The normalized spacial score (nSPS) is 13.0. The summed E-state index contributed by atoms with van der Waals surface area (Å²) in [5.41, 5.74) is 5.30. The van der Waals surface area contributed by atoms with Crippen LogP contribution in [0, 0.1) is 12.3 Å². The molecular weight excluding hydrogens is 240 g/mol. The van der Waals surface area contributed by atoms with Gasteiger partial charge in [0.2, 0.25) is 10.0 Å². The second-order valence-electron chi connectivity index (χ2n) is 5.22. The molecule has 1 rings (SSSR count). The molecule has 5 nitrogen and oxygen atoms in total. The molecule has 0 aliphatic heterocycles. The van der Waals surface area contributed by atoms with E-state index in [1.165, 1.54) is 6.07 Å². The molecule has 1 aromatic rings. The maximum atomic E-state index is 12.0. The van der Waals surface area contributed by atoms with E-state index in [2.05, 4.69) is 4.72 Å². The second-order valence-corrected chi connectivity index (χ2v) is 6.96. The van der Waals surface area contributed by atoms with E-state index in [0.717, 1.165) is 0 Å². The van der Waals surface area contributed by atoms with Gasteiger partial charge in [-0.3, -0.25) is 0 Å². The molecule has 0 aliphatic carbocycles. The largest absolute Gasteiger partial charge is 0.464 e. The maximum Gasteiger partial charge on any atom is 0.244 e. The molecule has 6 heteroatoms. The summed E-state index contributed by atoms with van der Waals surface area (Å²) in [6, 6.07) is 1.47. The second kappa shape index (κ2) is 4.80. The molecule has 98 valence electrons. The first-order valence-electron chi connectivity index (χ1n) is 5.45. The first-order chi connectivity index (χ1) is 7.65. The molecular formula is C11H20N2O3S. The smallest absolute Gasteiger partial charge is 0.244 e. The van der Waals surface area contributed by atoms with Crippen molar-refractivity contribution in [3.05, 3.63) is 17.6 Å². The number of sulfonamides is 1. The molecule has 0 atom stereocenters. The average molecular weight is 260 g/mol. The Labute approximate surface area is 102 Å². The van der Waals surface area contributed by atoms with Crippen molar-refractivity contribution < 1.29 is 12.8 Å². The van der Waals surface area contributed by atoms with Crippen LogP contribution >= 0.6 is 0 Å². The monoisotopic (exact) mass is 260 g/mol. The summed E-state index contributed by atoms with van der Waals surface area (Å²) in [6.45, 7) is 8.06. The molecule has 0 amide bonds. The summed E-state index contributed by atoms with van der Waals surface area (Å²) >= 11 is 0. The Bertz CT molecular complexity index is 483. The molecule has 17 heavy (non-hydrogen) atoms. The van der Waals surface area contributed by atoms with E-state index >= 15 is 0 Å². The molecule has 0 radical (unpaired) electrons. The summed E-state index contributed by atoms with van der Waals surface area (Å²) in [6.07, 6.45) is 0. The van der Waals surface area contributed by atoms with Gasteiger partial charge in [-0.05, 0) is 12.3 Å². The van der Waals surface area contributed by atoms with Crippen LogP contribution in [-0.2, 0) is 16.6 Å². The van der Waals surface area contributed by atoms with Gasteiger partial charge in [0.05, 0.1) is 6.54 Å². The van der Waals surface area contributed by atoms with Crippen molar-refractivity contribution in [1.82, 2.24) is 4.72 Å². The Hall–Kier alpha value is -0.850. The molecule has 1 heterocycles. The van der Waals surface area contributed by atoms with E-state index in [-0.39, 0.29) is 16.9 Å². The zero-order valence-corrected chi connectivity index (χ0v) is 11.5. The minimum atomic E-state index is -3.51. The molecule has 0 saturated heterocycles. The molecule has 0 spiro atoms. The van der Waals surface area contributed by atoms with Gasteiger partial charge in [-0.1, -0.05) is 20.8 Å². The Morgan fingerprint density at radius 2 is 2.00 bits per heavy atom. The fourth-order valence-corrected chi connectivity index (χ4v) is 2.77. The number of aryl methyl sites for hydroxylation is 1. The van der Waals surface area contributed by atoms with Gasteiger partial charge in [-0.2, -0.15) is 0 Å². The van der Waals surface area contributed by atoms with Crippen molar-refractivity contribution >= 4 is 10.0 Å². The molecule has 0 aromatic carbocycles. The Morgan fingerprint density at radius 1 is 1.41 bits per heavy atom. The van der Waals surface area contributed by atoms with Crippen molar-refractivity contribution in [2.75, 3.05) is 6.54 Å². The van der Waals surface area contributed by atoms with Gasteiger partial charge in [-0.25, -0.2) is 13.1 Å². The van der Waals surface area contributed by atoms with Crippen molar-refractivity contribution in [3.8, 4) is 0 Å². The van der Waals surface area contributed by atoms with Crippen molar-refractivity contribution in [2.45, 2.75) is 39.1 Å². The highest BCUT2D eigenvalue weighted by atomic mass is 32.2. The molecule has 0 aliphatic rings. The van der Waals surface area contributed by atoms with Gasteiger partial charge >= 0.3 is 0 Å². The molecule has 0 bridgehead atoms. The number of rotatable bonds is 4. The molecule has 3 N–H and O–H groups in total. The third kappa shape index (κ3) is 3.83. The van der Waals surface area contributed by atoms with Crippen molar-refractivity contribution in [1.29, 1.82) is 0 Å². The maximum absolute atomic E-state index is 12.0. The van der Waals surface area contributed by atoms with Crippen LogP contribution in [0.15, 0.2) is 15.4 Å². The topological polar surface area (TPSA) is 85.3 Å². The van der Waals surface area contributed by atoms with Crippen LogP contribution in [0.25, 0.3) is 0 Å². The van der Waals surface area contributed by atoms with E-state index in [1.54, 1.807) is 6.92 Å². The van der Waals surface area contributed by atoms with Crippen LogP contribution in [0.2, 0.25) is 0 Å². The first-order valence-corrected chi connectivity index (χ1v) is 6.93. The van der Waals surface area contributed by atoms with E-state index in [9.17, 15) is 8.42 Å². The van der Waals surface area contributed by atoms with Crippen LogP contribution < -0.4 is 10.5 Å². The summed E-state index contributed by atoms with van der Waals surface area (Å²) in [5.74, 6) is 0.838. The van der Waals surface area contributed by atoms with Crippen LogP contribution in [0.5, 0.6) is 0 Å². The number of nitrogens with one attached hydrogen (secondary N) is 1. The van der Waals surface area contributed by atoms with Gasteiger partial charge in [0.1, 0.15) is 16.4 Å². The quantitative estimate of drug-likeness (QED) is 0.856. The van der Waals surface area contributed by atoms with Gasteiger partial charge in [0.25, 0.3) is 0 Å². The zero-order chi connectivity index (χ0) is 13.3. The summed E-state index contributed by atoms with van der Waals surface area (Å²) in [7, 11) is -3.51. The number of nitrogens with two attached hydrogens (primary N) is 1. The number of furan rings is 1. The van der Waals surface area contributed by atoms with Crippen LogP contribution in [-0.4, -0.2) is 15.0 Å². The fourth-order valence-electron chi connectivity index (χ4n) is 1.28. The fraction of sp³-hybridized carbons (Fsp3) is 0.636. The standard InChI is InChI=1S/C11H20N2O3S/c1-8-10(5-9(6-12)16-8)17(14,15)13-7-11(2,3)4/h5,13H,6-7,12H2,1-4H3. The summed E-state index contributed by atoms with van der Waals surface area (Å²) in [5, 5.41) is 0. The number of hydrogen-bond acceptors (Lipinski definition) is 4. The summed E-state index contributed by atoms with van der Waals surface area (Å²) in [4.78, 5) is 0.169. The summed E-state index contributed by atoms with van der Waals surface area (Å²) < 4.78 is 31.8. The Kier molecular flexibility index (Phi) is 4.01. The van der Waals surface area contributed by atoms with Crippen LogP contribution in [0.1, 0.15) is 32.3 Å². The predicted octanol–water partition coefficient (Wildman–Crippen LogP) is 1.37. The third-order valence-electron chi connectivity index (χ3n) is 2.21. The highest BCUT2D eigenvalue weighted by Gasteiger charge is 2.23. The zero-order valence-electron chi connectivity index (χ0n) is 10.7. The van der Waals surface area contributed by atoms with Crippen molar-refractivity contribution in [2.24, 2.45) is 11.1 Å².